The Morgan fingerprint density at radius 1 is 1.43 bits per heavy atom. The second-order valence-electron chi connectivity index (χ2n) is 5.36. The number of rotatable bonds is 6. The molecule has 116 valence electrons. The van der Waals surface area contributed by atoms with Crippen molar-refractivity contribution in [2.45, 2.75) is 26.2 Å². The maximum absolute atomic E-state index is 12.2. The Morgan fingerprint density at radius 2 is 2.14 bits per heavy atom. The predicted molar refractivity (Wildman–Crippen MR) is 83.5 cm³/mol. The van der Waals surface area contributed by atoms with E-state index in [9.17, 15) is 4.79 Å². The second-order valence-corrected chi connectivity index (χ2v) is 5.36. The Labute approximate surface area is 125 Å². The van der Waals surface area contributed by atoms with Crippen molar-refractivity contribution in [3.8, 4) is 5.88 Å². The van der Waals surface area contributed by atoms with Crippen molar-refractivity contribution in [3.63, 3.8) is 0 Å². The SMILES string of the molecule is CCCOc1nc(N(C)CC(=O)N2CCCC2)ccc1N. The lowest BCUT2D eigenvalue weighted by Gasteiger charge is -2.22. The lowest BCUT2D eigenvalue weighted by Crippen LogP contribution is -2.37. The molecule has 0 unspecified atom stereocenters. The minimum Gasteiger partial charge on any atom is -0.476 e. The number of nitrogen functional groups attached to an aromatic ring is 1. The molecule has 2 N–H and O–H groups in total. The topological polar surface area (TPSA) is 71.7 Å². The molecule has 1 aliphatic rings. The third kappa shape index (κ3) is 4.00. The Hall–Kier alpha value is -1.98. The van der Waals surface area contributed by atoms with Gasteiger partial charge in [0.2, 0.25) is 11.8 Å². The quantitative estimate of drug-likeness (QED) is 0.860. The van der Waals surface area contributed by atoms with Crippen LogP contribution in [0, 0.1) is 0 Å². The van der Waals surface area contributed by atoms with Crippen molar-refractivity contribution in [1.82, 2.24) is 9.88 Å². The molecule has 1 aromatic rings. The van der Waals surface area contributed by atoms with Gasteiger partial charge in [-0.05, 0) is 31.4 Å². The fraction of sp³-hybridized carbons (Fsp3) is 0.600. The molecule has 0 spiro atoms. The Kier molecular flexibility index (Phi) is 5.25. The van der Waals surface area contributed by atoms with Gasteiger partial charge in [-0.1, -0.05) is 6.92 Å². The van der Waals surface area contributed by atoms with E-state index in [0.717, 1.165) is 32.4 Å². The minimum absolute atomic E-state index is 0.143. The van der Waals surface area contributed by atoms with Gasteiger partial charge in [-0.15, -0.1) is 0 Å². The Morgan fingerprint density at radius 3 is 2.81 bits per heavy atom. The third-order valence-electron chi connectivity index (χ3n) is 3.54. The number of anilines is 2. The van der Waals surface area contributed by atoms with Crippen LogP contribution in [0.2, 0.25) is 0 Å². The molecule has 0 bridgehead atoms. The van der Waals surface area contributed by atoms with Gasteiger partial charge in [0, 0.05) is 20.1 Å². The number of carbonyl (C=O) groups excluding carboxylic acids is 1. The van der Waals surface area contributed by atoms with Crippen LogP contribution in [0.5, 0.6) is 5.88 Å². The number of ether oxygens (including phenoxy) is 1. The number of hydrogen-bond donors (Lipinski definition) is 1. The average Bonchev–Trinajstić information content (AvgIpc) is 3.00. The summed E-state index contributed by atoms with van der Waals surface area (Å²) in [5.74, 6) is 1.28. The van der Waals surface area contributed by atoms with Gasteiger partial charge in [-0.25, -0.2) is 0 Å². The minimum atomic E-state index is 0.143. The number of carbonyl (C=O) groups is 1. The van der Waals surface area contributed by atoms with Crippen molar-refractivity contribution in [1.29, 1.82) is 0 Å². The molecule has 1 fully saturated rings. The fourth-order valence-corrected chi connectivity index (χ4v) is 2.32. The number of likely N-dealkylation sites (tertiary alicyclic amines) is 1. The van der Waals surface area contributed by atoms with Gasteiger partial charge in [0.1, 0.15) is 5.82 Å². The highest BCUT2D eigenvalue weighted by Gasteiger charge is 2.20. The van der Waals surface area contributed by atoms with Crippen LogP contribution >= 0.6 is 0 Å². The van der Waals surface area contributed by atoms with E-state index in [4.69, 9.17) is 10.5 Å². The van der Waals surface area contributed by atoms with Gasteiger partial charge in [-0.3, -0.25) is 4.79 Å². The number of nitrogens with zero attached hydrogens (tertiary/aromatic N) is 3. The normalized spacial score (nSPS) is 14.3. The summed E-state index contributed by atoms with van der Waals surface area (Å²) in [6.07, 6.45) is 3.10. The molecule has 0 aromatic carbocycles. The van der Waals surface area contributed by atoms with Gasteiger partial charge in [0.25, 0.3) is 0 Å². The first-order chi connectivity index (χ1) is 10.1. The molecule has 0 atom stereocenters. The second kappa shape index (κ2) is 7.15. The zero-order valence-corrected chi connectivity index (χ0v) is 12.8. The first kappa shape index (κ1) is 15.4. The van der Waals surface area contributed by atoms with E-state index in [1.165, 1.54) is 0 Å². The molecule has 1 aliphatic heterocycles. The van der Waals surface area contributed by atoms with Gasteiger partial charge in [0.15, 0.2) is 0 Å². The molecule has 2 rings (SSSR count). The largest absolute Gasteiger partial charge is 0.476 e. The van der Waals surface area contributed by atoms with Gasteiger partial charge in [0.05, 0.1) is 18.8 Å². The van der Waals surface area contributed by atoms with Crippen LogP contribution in [0.4, 0.5) is 11.5 Å². The molecule has 21 heavy (non-hydrogen) atoms. The zero-order chi connectivity index (χ0) is 15.2. The van der Waals surface area contributed by atoms with E-state index in [1.807, 2.05) is 29.8 Å². The van der Waals surface area contributed by atoms with Crippen LogP contribution in [0.25, 0.3) is 0 Å². The van der Waals surface area contributed by atoms with Crippen molar-refractivity contribution < 1.29 is 9.53 Å². The fourth-order valence-electron chi connectivity index (χ4n) is 2.32. The molecule has 0 saturated carbocycles. The first-order valence-electron chi connectivity index (χ1n) is 7.50. The number of aromatic nitrogens is 1. The van der Waals surface area contributed by atoms with Crippen LogP contribution in [-0.4, -0.2) is 49.1 Å². The van der Waals surface area contributed by atoms with E-state index in [-0.39, 0.29) is 5.91 Å². The summed E-state index contributed by atoms with van der Waals surface area (Å²) in [4.78, 5) is 20.3. The smallest absolute Gasteiger partial charge is 0.242 e. The van der Waals surface area contributed by atoms with E-state index < -0.39 is 0 Å². The number of nitrogens with two attached hydrogens (primary N) is 1. The van der Waals surface area contributed by atoms with Gasteiger partial charge < -0.3 is 20.3 Å². The van der Waals surface area contributed by atoms with Crippen molar-refractivity contribution >= 4 is 17.4 Å². The molecule has 1 aromatic heterocycles. The van der Waals surface area contributed by atoms with Crippen molar-refractivity contribution in [2.24, 2.45) is 0 Å². The van der Waals surface area contributed by atoms with Gasteiger partial charge in [-0.2, -0.15) is 4.98 Å². The number of likely N-dealkylation sites (N-methyl/N-ethyl adjacent to an activating group) is 1. The number of pyridine rings is 1. The summed E-state index contributed by atoms with van der Waals surface area (Å²) in [6, 6.07) is 3.58. The molecule has 2 heterocycles. The maximum Gasteiger partial charge on any atom is 0.242 e. The van der Waals surface area contributed by atoms with E-state index in [2.05, 4.69) is 4.98 Å². The van der Waals surface area contributed by atoms with Crippen LogP contribution in [0.1, 0.15) is 26.2 Å². The average molecular weight is 292 g/mol. The highest BCUT2D eigenvalue weighted by molar-refractivity contribution is 5.81. The van der Waals surface area contributed by atoms with E-state index in [1.54, 1.807) is 6.07 Å². The summed E-state index contributed by atoms with van der Waals surface area (Å²) in [5.41, 5.74) is 6.37. The highest BCUT2D eigenvalue weighted by Crippen LogP contribution is 2.23. The standard InChI is InChI=1S/C15H24N4O2/c1-3-10-21-15-12(16)6-7-13(17-15)18(2)11-14(20)19-8-4-5-9-19/h6-7H,3-5,8-11,16H2,1-2H3. The maximum atomic E-state index is 12.2. The zero-order valence-electron chi connectivity index (χ0n) is 12.8. The van der Waals surface area contributed by atoms with Crippen LogP contribution < -0.4 is 15.4 Å². The summed E-state index contributed by atoms with van der Waals surface area (Å²) >= 11 is 0. The first-order valence-corrected chi connectivity index (χ1v) is 7.50. The number of amides is 1. The lowest BCUT2D eigenvalue weighted by atomic mass is 10.3. The highest BCUT2D eigenvalue weighted by atomic mass is 16.5. The molecule has 0 radical (unpaired) electrons. The number of hydrogen-bond acceptors (Lipinski definition) is 5. The Bertz CT molecular complexity index is 487. The molecule has 1 amide bonds. The van der Waals surface area contributed by atoms with Crippen LogP contribution in [-0.2, 0) is 4.79 Å². The van der Waals surface area contributed by atoms with Crippen LogP contribution in [0.15, 0.2) is 12.1 Å². The molecule has 0 aliphatic carbocycles. The molecule has 6 heteroatoms. The molecule has 6 nitrogen and oxygen atoms in total. The van der Waals surface area contributed by atoms with Crippen molar-refractivity contribution in [2.75, 3.05) is 43.9 Å². The summed E-state index contributed by atoms with van der Waals surface area (Å²) in [5, 5.41) is 0. The molecular weight excluding hydrogens is 268 g/mol. The van der Waals surface area contributed by atoms with E-state index in [0.29, 0.717) is 30.5 Å². The summed E-state index contributed by atoms with van der Waals surface area (Å²) in [6.45, 7) is 4.67. The Balaban J connectivity index is 2.00. The van der Waals surface area contributed by atoms with E-state index >= 15 is 0 Å². The lowest BCUT2D eigenvalue weighted by molar-refractivity contribution is -0.128. The molecular formula is C15H24N4O2. The molecule has 1 saturated heterocycles. The monoisotopic (exact) mass is 292 g/mol. The van der Waals surface area contributed by atoms with Crippen LogP contribution in [0.3, 0.4) is 0 Å². The summed E-state index contributed by atoms with van der Waals surface area (Å²) in [7, 11) is 1.86. The predicted octanol–water partition coefficient (Wildman–Crippen LogP) is 1.51. The van der Waals surface area contributed by atoms with Gasteiger partial charge >= 0.3 is 0 Å². The third-order valence-corrected chi connectivity index (χ3v) is 3.54. The van der Waals surface area contributed by atoms with Crippen molar-refractivity contribution in [3.05, 3.63) is 12.1 Å². The summed E-state index contributed by atoms with van der Waals surface area (Å²) < 4.78 is 5.52.